The summed E-state index contributed by atoms with van der Waals surface area (Å²) in [6.07, 6.45) is 2.20. The van der Waals surface area contributed by atoms with Gasteiger partial charge in [0.05, 0.1) is 12.1 Å². The lowest BCUT2D eigenvalue weighted by Crippen LogP contribution is -2.31. The first kappa shape index (κ1) is 19.4. The van der Waals surface area contributed by atoms with E-state index in [0.29, 0.717) is 17.9 Å². The summed E-state index contributed by atoms with van der Waals surface area (Å²) in [4.78, 5) is 12.7. The van der Waals surface area contributed by atoms with Crippen LogP contribution in [0.1, 0.15) is 48.7 Å². The lowest BCUT2D eigenvalue weighted by molar-refractivity contribution is 0.0679. The van der Waals surface area contributed by atoms with Crippen molar-refractivity contribution < 1.29 is 18.7 Å². The lowest BCUT2D eigenvalue weighted by Gasteiger charge is -2.23. The number of amides is 1. The van der Waals surface area contributed by atoms with E-state index in [1.54, 1.807) is 24.3 Å². The maximum absolute atomic E-state index is 13.2. The van der Waals surface area contributed by atoms with Gasteiger partial charge < -0.3 is 14.8 Å². The SMILES string of the molecule is CC(C)C(NC(=O)c1cccc(OCC2CCCO2)c1)c1ccc(F)cc1. The molecule has 0 aliphatic carbocycles. The average Bonchev–Trinajstić information content (AvgIpc) is 3.19. The zero-order valence-electron chi connectivity index (χ0n) is 15.8. The van der Waals surface area contributed by atoms with Crippen LogP contribution in [-0.4, -0.2) is 25.2 Å². The van der Waals surface area contributed by atoms with Gasteiger partial charge in [0.15, 0.2) is 0 Å². The molecule has 1 saturated heterocycles. The molecule has 5 heteroatoms. The lowest BCUT2D eigenvalue weighted by atomic mass is 9.95. The monoisotopic (exact) mass is 371 g/mol. The number of benzene rings is 2. The van der Waals surface area contributed by atoms with Crippen LogP contribution in [0.5, 0.6) is 5.75 Å². The van der Waals surface area contributed by atoms with Crippen LogP contribution in [0.15, 0.2) is 48.5 Å². The first-order valence-corrected chi connectivity index (χ1v) is 9.43. The van der Waals surface area contributed by atoms with Gasteiger partial charge in [-0.2, -0.15) is 0 Å². The first-order valence-electron chi connectivity index (χ1n) is 9.43. The fourth-order valence-electron chi connectivity index (χ4n) is 3.22. The molecule has 0 radical (unpaired) electrons. The van der Waals surface area contributed by atoms with Crippen molar-refractivity contribution in [3.05, 3.63) is 65.5 Å². The van der Waals surface area contributed by atoms with E-state index in [9.17, 15) is 9.18 Å². The van der Waals surface area contributed by atoms with Gasteiger partial charge in [-0.15, -0.1) is 0 Å². The summed E-state index contributed by atoms with van der Waals surface area (Å²) in [6, 6.07) is 13.2. The number of nitrogens with one attached hydrogen (secondary N) is 1. The molecule has 2 unspecified atom stereocenters. The third-order valence-corrected chi connectivity index (χ3v) is 4.74. The third-order valence-electron chi connectivity index (χ3n) is 4.74. The number of rotatable bonds is 7. The number of hydrogen-bond acceptors (Lipinski definition) is 3. The fraction of sp³-hybridized carbons (Fsp3) is 0.409. The molecule has 0 saturated carbocycles. The number of halogens is 1. The predicted octanol–water partition coefficient (Wildman–Crippen LogP) is 4.51. The molecule has 3 rings (SSSR count). The minimum Gasteiger partial charge on any atom is -0.491 e. The maximum Gasteiger partial charge on any atom is 0.251 e. The molecule has 2 aromatic rings. The average molecular weight is 371 g/mol. The molecule has 1 heterocycles. The Morgan fingerprint density at radius 2 is 2.04 bits per heavy atom. The number of ether oxygens (including phenoxy) is 2. The largest absolute Gasteiger partial charge is 0.491 e. The third kappa shape index (κ3) is 5.30. The van der Waals surface area contributed by atoms with Crippen LogP contribution in [-0.2, 0) is 4.74 Å². The zero-order chi connectivity index (χ0) is 19.2. The zero-order valence-corrected chi connectivity index (χ0v) is 15.8. The second-order valence-electron chi connectivity index (χ2n) is 7.22. The van der Waals surface area contributed by atoms with E-state index >= 15 is 0 Å². The minimum absolute atomic E-state index is 0.131. The van der Waals surface area contributed by atoms with Gasteiger partial charge in [-0.3, -0.25) is 4.79 Å². The van der Waals surface area contributed by atoms with Crippen LogP contribution in [0.4, 0.5) is 4.39 Å². The molecule has 1 amide bonds. The number of carbonyl (C=O) groups is 1. The minimum atomic E-state index is -0.288. The number of carbonyl (C=O) groups excluding carboxylic acids is 1. The molecule has 1 aliphatic heterocycles. The molecule has 2 aromatic carbocycles. The molecule has 1 N–H and O–H groups in total. The summed E-state index contributed by atoms with van der Waals surface area (Å²) < 4.78 is 24.5. The Kier molecular flexibility index (Phi) is 6.45. The van der Waals surface area contributed by atoms with Gasteiger partial charge in [0.25, 0.3) is 5.91 Å². The standard InChI is InChI=1S/C22H26FNO3/c1-15(2)21(16-8-10-18(23)11-9-16)24-22(25)17-5-3-6-19(13-17)27-14-20-7-4-12-26-20/h3,5-6,8-11,13,15,20-21H,4,7,12,14H2,1-2H3,(H,24,25). The summed E-state index contributed by atoms with van der Waals surface area (Å²) in [5, 5.41) is 3.05. The molecule has 2 atom stereocenters. The van der Waals surface area contributed by atoms with Gasteiger partial charge in [0, 0.05) is 12.2 Å². The van der Waals surface area contributed by atoms with Crippen molar-refractivity contribution in [1.29, 1.82) is 0 Å². The molecule has 0 bridgehead atoms. The Morgan fingerprint density at radius 1 is 1.26 bits per heavy atom. The Balaban J connectivity index is 1.66. The van der Waals surface area contributed by atoms with Gasteiger partial charge in [0.1, 0.15) is 18.2 Å². The van der Waals surface area contributed by atoms with Crippen molar-refractivity contribution >= 4 is 5.91 Å². The van der Waals surface area contributed by atoms with Crippen LogP contribution < -0.4 is 10.1 Å². The van der Waals surface area contributed by atoms with Gasteiger partial charge in [-0.25, -0.2) is 4.39 Å². The van der Waals surface area contributed by atoms with E-state index in [2.05, 4.69) is 5.32 Å². The van der Waals surface area contributed by atoms with E-state index in [1.165, 1.54) is 12.1 Å². The van der Waals surface area contributed by atoms with E-state index in [0.717, 1.165) is 25.0 Å². The van der Waals surface area contributed by atoms with Crippen molar-refractivity contribution in [3.63, 3.8) is 0 Å². The van der Waals surface area contributed by atoms with Crippen molar-refractivity contribution in [2.45, 2.75) is 38.8 Å². The predicted molar refractivity (Wildman–Crippen MR) is 102 cm³/mol. The summed E-state index contributed by atoms with van der Waals surface area (Å²) >= 11 is 0. The van der Waals surface area contributed by atoms with Crippen LogP contribution >= 0.6 is 0 Å². The highest BCUT2D eigenvalue weighted by Crippen LogP contribution is 2.23. The Bertz CT molecular complexity index is 754. The second-order valence-corrected chi connectivity index (χ2v) is 7.22. The summed E-state index contributed by atoms with van der Waals surface area (Å²) in [5.74, 6) is 0.351. The van der Waals surface area contributed by atoms with Crippen molar-refractivity contribution in [2.75, 3.05) is 13.2 Å². The highest BCUT2D eigenvalue weighted by atomic mass is 19.1. The van der Waals surface area contributed by atoms with Crippen molar-refractivity contribution in [2.24, 2.45) is 5.92 Å². The van der Waals surface area contributed by atoms with Gasteiger partial charge in [-0.1, -0.05) is 32.0 Å². The topological polar surface area (TPSA) is 47.6 Å². The smallest absolute Gasteiger partial charge is 0.251 e. The van der Waals surface area contributed by atoms with Crippen LogP contribution in [0.25, 0.3) is 0 Å². The van der Waals surface area contributed by atoms with Crippen LogP contribution in [0.2, 0.25) is 0 Å². The molecule has 1 fully saturated rings. The van der Waals surface area contributed by atoms with Gasteiger partial charge in [0.2, 0.25) is 0 Å². The molecule has 0 aromatic heterocycles. The Hall–Kier alpha value is -2.40. The van der Waals surface area contributed by atoms with E-state index in [-0.39, 0.29) is 29.8 Å². The second kappa shape index (κ2) is 9.00. The summed E-state index contributed by atoms with van der Waals surface area (Å²) in [7, 11) is 0. The number of hydrogen-bond donors (Lipinski definition) is 1. The molecular weight excluding hydrogens is 345 g/mol. The summed E-state index contributed by atoms with van der Waals surface area (Å²) in [6.45, 7) is 5.33. The van der Waals surface area contributed by atoms with E-state index in [1.807, 2.05) is 26.0 Å². The molecule has 1 aliphatic rings. The maximum atomic E-state index is 13.2. The van der Waals surface area contributed by atoms with Crippen LogP contribution in [0, 0.1) is 11.7 Å². The molecule has 4 nitrogen and oxygen atoms in total. The Morgan fingerprint density at radius 3 is 2.70 bits per heavy atom. The summed E-state index contributed by atoms with van der Waals surface area (Å²) in [5.41, 5.74) is 1.41. The highest BCUT2D eigenvalue weighted by molar-refractivity contribution is 5.94. The van der Waals surface area contributed by atoms with Gasteiger partial charge in [-0.05, 0) is 54.7 Å². The van der Waals surface area contributed by atoms with E-state index < -0.39 is 0 Å². The quantitative estimate of drug-likeness (QED) is 0.779. The normalized spacial score (nSPS) is 17.7. The molecule has 27 heavy (non-hydrogen) atoms. The van der Waals surface area contributed by atoms with Gasteiger partial charge >= 0.3 is 0 Å². The van der Waals surface area contributed by atoms with Crippen molar-refractivity contribution in [3.8, 4) is 5.75 Å². The molecular formula is C22H26FNO3. The van der Waals surface area contributed by atoms with Crippen LogP contribution in [0.3, 0.4) is 0 Å². The highest BCUT2D eigenvalue weighted by Gasteiger charge is 2.20. The molecule has 0 spiro atoms. The fourth-order valence-corrected chi connectivity index (χ4v) is 3.22. The Labute approximate surface area is 159 Å². The molecule has 144 valence electrons. The first-order chi connectivity index (χ1) is 13.0. The van der Waals surface area contributed by atoms with E-state index in [4.69, 9.17) is 9.47 Å². The van der Waals surface area contributed by atoms with Crippen molar-refractivity contribution in [1.82, 2.24) is 5.32 Å².